The predicted octanol–water partition coefficient (Wildman–Crippen LogP) is 3.79. The fourth-order valence-electron chi connectivity index (χ4n) is 4.29. The number of pyridine rings is 1. The van der Waals surface area contributed by atoms with E-state index < -0.39 is 5.60 Å². The summed E-state index contributed by atoms with van der Waals surface area (Å²) in [5.41, 5.74) is 0.186. The Balaban J connectivity index is 1.64. The van der Waals surface area contributed by atoms with Crippen molar-refractivity contribution in [3.05, 3.63) is 23.9 Å². The molecule has 3 rings (SSSR count). The van der Waals surface area contributed by atoms with Gasteiger partial charge in [0.05, 0.1) is 5.56 Å². The van der Waals surface area contributed by atoms with Crippen molar-refractivity contribution >= 4 is 17.8 Å². The molecular weight excluding hydrogens is 380 g/mol. The molecule has 7 nitrogen and oxygen atoms in total. The maximum Gasteiger partial charge on any atom is 0.410 e. The Kier molecular flexibility index (Phi) is 7.21. The molecule has 2 fully saturated rings. The van der Waals surface area contributed by atoms with Gasteiger partial charge >= 0.3 is 6.09 Å². The molecule has 0 N–H and O–H groups in total. The maximum absolute atomic E-state index is 13.4. The van der Waals surface area contributed by atoms with E-state index in [2.05, 4.69) is 9.88 Å². The zero-order valence-electron chi connectivity index (χ0n) is 18.9. The van der Waals surface area contributed by atoms with Crippen molar-refractivity contribution in [1.29, 1.82) is 0 Å². The minimum atomic E-state index is -0.509. The summed E-state index contributed by atoms with van der Waals surface area (Å²) >= 11 is 0. The van der Waals surface area contributed by atoms with Gasteiger partial charge in [-0.2, -0.15) is 0 Å². The van der Waals surface area contributed by atoms with Gasteiger partial charge in [-0.3, -0.25) is 4.79 Å². The Morgan fingerprint density at radius 3 is 2.60 bits per heavy atom. The number of carbonyl (C=O) groups is 2. The van der Waals surface area contributed by atoms with E-state index in [0.717, 1.165) is 51.1 Å². The van der Waals surface area contributed by atoms with Crippen molar-refractivity contribution in [3.8, 4) is 0 Å². The van der Waals surface area contributed by atoms with Crippen molar-refractivity contribution in [1.82, 2.24) is 14.8 Å². The smallest absolute Gasteiger partial charge is 0.410 e. The van der Waals surface area contributed by atoms with Crippen LogP contribution in [0.15, 0.2) is 18.3 Å². The quantitative estimate of drug-likeness (QED) is 0.747. The van der Waals surface area contributed by atoms with Crippen molar-refractivity contribution in [2.75, 3.05) is 44.7 Å². The second kappa shape index (κ2) is 9.67. The lowest BCUT2D eigenvalue weighted by atomic mass is 9.97. The fraction of sp³-hybridized carbons (Fsp3) is 0.696. The zero-order valence-corrected chi connectivity index (χ0v) is 18.9. The van der Waals surface area contributed by atoms with Crippen LogP contribution >= 0.6 is 0 Å². The van der Waals surface area contributed by atoms with E-state index in [-0.39, 0.29) is 17.9 Å². The Morgan fingerprint density at radius 1 is 1.17 bits per heavy atom. The lowest BCUT2D eigenvalue weighted by Crippen LogP contribution is -2.45. The molecule has 2 saturated heterocycles. The van der Waals surface area contributed by atoms with Crippen LogP contribution in [0, 0.1) is 5.92 Å². The summed E-state index contributed by atoms with van der Waals surface area (Å²) in [6.45, 7) is 9.51. The number of nitrogens with zero attached hydrogens (tertiary/aromatic N) is 4. The Morgan fingerprint density at radius 2 is 1.90 bits per heavy atom. The molecule has 0 aromatic carbocycles. The van der Waals surface area contributed by atoms with E-state index in [1.54, 1.807) is 18.1 Å². The Labute approximate surface area is 180 Å². The molecular formula is C23H36N4O3. The topological polar surface area (TPSA) is 66.0 Å². The summed E-state index contributed by atoms with van der Waals surface area (Å²) in [4.78, 5) is 36.0. The van der Waals surface area contributed by atoms with E-state index in [1.807, 2.05) is 37.8 Å². The number of anilines is 1. The maximum atomic E-state index is 13.4. The van der Waals surface area contributed by atoms with E-state index in [0.29, 0.717) is 18.7 Å². The van der Waals surface area contributed by atoms with Crippen molar-refractivity contribution in [3.63, 3.8) is 0 Å². The molecule has 1 atom stereocenters. The van der Waals surface area contributed by atoms with Crippen LogP contribution in [-0.4, -0.2) is 72.2 Å². The molecule has 2 amide bonds. The van der Waals surface area contributed by atoms with Crippen LogP contribution in [-0.2, 0) is 4.74 Å². The number of hydrogen-bond donors (Lipinski definition) is 0. The first-order valence-electron chi connectivity index (χ1n) is 11.2. The minimum Gasteiger partial charge on any atom is -0.444 e. The van der Waals surface area contributed by atoms with Gasteiger partial charge in [0, 0.05) is 46.0 Å². The third-order valence-corrected chi connectivity index (χ3v) is 5.72. The van der Waals surface area contributed by atoms with E-state index in [4.69, 9.17) is 4.74 Å². The number of rotatable bonds is 4. The van der Waals surface area contributed by atoms with E-state index >= 15 is 0 Å². The molecule has 2 aliphatic rings. The van der Waals surface area contributed by atoms with Gasteiger partial charge in [-0.05, 0) is 70.9 Å². The van der Waals surface area contributed by atoms with Crippen LogP contribution in [0.2, 0.25) is 0 Å². The van der Waals surface area contributed by atoms with Crippen LogP contribution in [0.25, 0.3) is 0 Å². The molecule has 1 aromatic rings. The summed E-state index contributed by atoms with van der Waals surface area (Å²) in [6, 6.07) is 3.74. The standard InChI is InChI=1S/C23H36N4O3/c1-23(2,3)30-22(29)25(4)16-18-10-9-15-27(17-18)21(28)19-11-8-12-24-20(19)26-13-6-5-7-14-26/h8,11-12,18H,5-7,9-10,13-17H2,1-4H3. The van der Waals surface area contributed by atoms with Crippen LogP contribution in [0.1, 0.15) is 63.2 Å². The number of hydrogen-bond acceptors (Lipinski definition) is 5. The van der Waals surface area contributed by atoms with Crippen molar-refractivity contribution < 1.29 is 14.3 Å². The normalized spacial score (nSPS) is 20.1. The van der Waals surface area contributed by atoms with Gasteiger partial charge in [0.15, 0.2) is 0 Å². The number of piperidine rings is 2. The molecule has 2 aliphatic heterocycles. The molecule has 0 spiro atoms. The number of aromatic nitrogens is 1. The van der Waals surface area contributed by atoms with Gasteiger partial charge < -0.3 is 19.4 Å². The van der Waals surface area contributed by atoms with Gasteiger partial charge in [-0.15, -0.1) is 0 Å². The van der Waals surface area contributed by atoms with Gasteiger partial charge in [0.25, 0.3) is 5.91 Å². The minimum absolute atomic E-state index is 0.0493. The van der Waals surface area contributed by atoms with Crippen molar-refractivity contribution in [2.45, 2.75) is 58.5 Å². The second-order valence-electron chi connectivity index (χ2n) is 9.54. The van der Waals surface area contributed by atoms with Gasteiger partial charge in [-0.25, -0.2) is 9.78 Å². The summed E-state index contributed by atoms with van der Waals surface area (Å²) in [7, 11) is 1.77. The largest absolute Gasteiger partial charge is 0.444 e. The first-order chi connectivity index (χ1) is 14.2. The highest BCUT2D eigenvalue weighted by Gasteiger charge is 2.30. The van der Waals surface area contributed by atoms with E-state index in [1.165, 1.54) is 6.42 Å². The number of likely N-dealkylation sites (tertiary alicyclic amines) is 1. The van der Waals surface area contributed by atoms with Crippen LogP contribution < -0.4 is 4.90 Å². The first kappa shape index (κ1) is 22.4. The van der Waals surface area contributed by atoms with Gasteiger partial charge in [-0.1, -0.05) is 0 Å². The first-order valence-corrected chi connectivity index (χ1v) is 11.2. The zero-order chi connectivity index (χ0) is 21.7. The monoisotopic (exact) mass is 416 g/mol. The SMILES string of the molecule is CN(CC1CCCN(C(=O)c2cccnc2N2CCCCC2)C1)C(=O)OC(C)(C)C. The summed E-state index contributed by atoms with van der Waals surface area (Å²) in [6.07, 6.45) is 6.94. The molecule has 3 heterocycles. The third-order valence-electron chi connectivity index (χ3n) is 5.72. The van der Waals surface area contributed by atoms with E-state index in [9.17, 15) is 9.59 Å². The lowest BCUT2D eigenvalue weighted by molar-refractivity contribution is 0.0244. The molecule has 1 unspecified atom stereocenters. The highest BCUT2D eigenvalue weighted by molar-refractivity contribution is 5.99. The molecule has 1 aromatic heterocycles. The predicted molar refractivity (Wildman–Crippen MR) is 118 cm³/mol. The number of amides is 2. The van der Waals surface area contributed by atoms with Crippen LogP contribution in [0.3, 0.4) is 0 Å². The van der Waals surface area contributed by atoms with Gasteiger partial charge in [0.1, 0.15) is 11.4 Å². The Hall–Kier alpha value is -2.31. The molecule has 0 aliphatic carbocycles. The van der Waals surface area contributed by atoms with Crippen LogP contribution in [0.4, 0.5) is 10.6 Å². The third kappa shape index (κ3) is 5.86. The average molecular weight is 417 g/mol. The number of carbonyl (C=O) groups excluding carboxylic acids is 2. The van der Waals surface area contributed by atoms with Crippen LogP contribution in [0.5, 0.6) is 0 Å². The highest BCUT2D eigenvalue weighted by atomic mass is 16.6. The molecule has 0 radical (unpaired) electrons. The number of ether oxygens (including phenoxy) is 1. The Bertz CT molecular complexity index is 740. The average Bonchev–Trinajstić information content (AvgIpc) is 2.73. The molecule has 0 bridgehead atoms. The van der Waals surface area contributed by atoms with Crippen molar-refractivity contribution in [2.24, 2.45) is 5.92 Å². The van der Waals surface area contributed by atoms with Gasteiger partial charge in [0.2, 0.25) is 0 Å². The molecule has 7 heteroatoms. The molecule has 0 saturated carbocycles. The lowest BCUT2D eigenvalue weighted by Gasteiger charge is -2.36. The summed E-state index contributed by atoms with van der Waals surface area (Å²) in [5.74, 6) is 1.11. The molecule has 30 heavy (non-hydrogen) atoms. The molecule has 166 valence electrons. The summed E-state index contributed by atoms with van der Waals surface area (Å²) < 4.78 is 5.46. The summed E-state index contributed by atoms with van der Waals surface area (Å²) in [5, 5.41) is 0. The highest BCUT2D eigenvalue weighted by Crippen LogP contribution is 2.26. The fourth-order valence-corrected chi connectivity index (χ4v) is 4.29. The second-order valence-corrected chi connectivity index (χ2v) is 9.54.